The number of nitrogens with one attached hydrogen (secondary N) is 2. The summed E-state index contributed by atoms with van der Waals surface area (Å²) in [6.45, 7) is 5.13. The summed E-state index contributed by atoms with van der Waals surface area (Å²) in [6, 6.07) is 6.40. The van der Waals surface area contributed by atoms with Gasteiger partial charge in [0.05, 0.1) is 11.4 Å². The van der Waals surface area contributed by atoms with Gasteiger partial charge in [0.25, 0.3) is 0 Å². The highest BCUT2D eigenvalue weighted by Gasteiger charge is 2.17. The summed E-state index contributed by atoms with van der Waals surface area (Å²) in [4.78, 5) is 11.4. The number of amides is 1. The number of nitrogens with two attached hydrogens (primary N) is 1. The number of hydrogen-bond donors (Lipinski definition) is 3. The molecule has 1 aromatic carbocycles. The summed E-state index contributed by atoms with van der Waals surface area (Å²) in [5.41, 5.74) is 5.79. The van der Waals surface area contributed by atoms with Crippen LogP contribution in [0.2, 0.25) is 0 Å². The number of benzene rings is 1. The van der Waals surface area contributed by atoms with Crippen molar-refractivity contribution >= 4 is 27.5 Å². The minimum absolute atomic E-state index is 0.0490. The normalized spacial score (nSPS) is 11.8. The number of hydrogen-bond acceptors (Lipinski definition) is 5. The Labute approximate surface area is 124 Å². The second-order valence-electron chi connectivity index (χ2n) is 5.48. The van der Waals surface area contributed by atoms with Gasteiger partial charge in [0.1, 0.15) is 5.60 Å². The number of alkyl carbamates (subject to hydrolysis) is 1. The van der Waals surface area contributed by atoms with Crippen LogP contribution in [0.1, 0.15) is 20.8 Å². The van der Waals surface area contributed by atoms with E-state index in [9.17, 15) is 13.2 Å². The number of anilines is 2. The van der Waals surface area contributed by atoms with E-state index < -0.39 is 21.7 Å². The molecule has 0 spiro atoms. The van der Waals surface area contributed by atoms with Crippen molar-refractivity contribution in [3.05, 3.63) is 24.3 Å². The number of rotatable bonds is 5. The van der Waals surface area contributed by atoms with Crippen LogP contribution in [0.3, 0.4) is 0 Å². The predicted molar refractivity (Wildman–Crippen MR) is 82.5 cm³/mol. The second-order valence-corrected chi connectivity index (χ2v) is 7.32. The average molecular weight is 315 g/mol. The SMILES string of the molecule is CC(C)(C)OC(=O)NCCS(=O)(=O)Nc1cccc(N)c1. The van der Waals surface area contributed by atoms with Gasteiger partial charge in [0.15, 0.2) is 0 Å². The molecule has 7 nitrogen and oxygen atoms in total. The fraction of sp³-hybridized carbons (Fsp3) is 0.462. The Balaban J connectivity index is 2.45. The Morgan fingerprint density at radius 2 is 2.00 bits per heavy atom. The zero-order chi connectivity index (χ0) is 16.1. The first-order valence-electron chi connectivity index (χ1n) is 6.40. The van der Waals surface area contributed by atoms with Gasteiger partial charge in [0, 0.05) is 12.2 Å². The van der Waals surface area contributed by atoms with Crippen LogP contribution in [0.4, 0.5) is 16.2 Å². The van der Waals surface area contributed by atoms with E-state index in [0.29, 0.717) is 11.4 Å². The molecule has 4 N–H and O–H groups in total. The fourth-order valence-corrected chi connectivity index (χ4v) is 2.39. The van der Waals surface area contributed by atoms with E-state index in [1.807, 2.05) is 0 Å². The molecular formula is C13H21N3O4S. The van der Waals surface area contributed by atoms with Crippen molar-refractivity contribution in [3.63, 3.8) is 0 Å². The van der Waals surface area contributed by atoms with E-state index >= 15 is 0 Å². The molecule has 0 saturated carbocycles. The highest BCUT2D eigenvalue weighted by atomic mass is 32.2. The molecule has 118 valence electrons. The monoisotopic (exact) mass is 315 g/mol. The van der Waals surface area contributed by atoms with Gasteiger partial charge in [-0.15, -0.1) is 0 Å². The maximum Gasteiger partial charge on any atom is 0.407 e. The van der Waals surface area contributed by atoms with Crippen LogP contribution in [-0.4, -0.2) is 32.4 Å². The molecule has 1 aromatic rings. The molecule has 0 aliphatic carbocycles. The van der Waals surface area contributed by atoms with Crippen LogP contribution in [0.25, 0.3) is 0 Å². The van der Waals surface area contributed by atoms with E-state index in [4.69, 9.17) is 10.5 Å². The predicted octanol–water partition coefficient (Wildman–Crippen LogP) is 1.54. The second kappa shape index (κ2) is 6.66. The van der Waals surface area contributed by atoms with Crippen molar-refractivity contribution in [1.82, 2.24) is 5.32 Å². The molecule has 8 heteroatoms. The van der Waals surface area contributed by atoms with Crippen LogP contribution in [0.15, 0.2) is 24.3 Å². The van der Waals surface area contributed by atoms with E-state index in [-0.39, 0.29) is 12.3 Å². The first kappa shape index (κ1) is 17.1. The standard InChI is InChI=1S/C13H21N3O4S/c1-13(2,3)20-12(17)15-7-8-21(18,19)16-11-6-4-5-10(14)9-11/h4-6,9,16H,7-8,14H2,1-3H3,(H,15,17). The van der Waals surface area contributed by atoms with Gasteiger partial charge >= 0.3 is 6.09 Å². The van der Waals surface area contributed by atoms with Crippen molar-refractivity contribution in [2.75, 3.05) is 22.8 Å². The Morgan fingerprint density at radius 3 is 2.57 bits per heavy atom. The molecule has 0 fully saturated rings. The zero-order valence-electron chi connectivity index (χ0n) is 12.3. The lowest BCUT2D eigenvalue weighted by Gasteiger charge is -2.19. The molecule has 0 radical (unpaired) electrons. The Morgan fingerprint density at radius 1 is 1.33 bits per heavy atom. The summed E-state index contributed by atoms with van der Waals surface area (Å²) < 4.78 is 31.1. The minimum atomic E-state index is -3.57. The highest BCUT2D eigenvalue weighted by molar-refractivity contribution is 7.92. The van der Waals surface area contributed by atoms with Gasteiger partial charge in [-0.2, -0.15) is 0 Å². The van der Waals surface area contributed by atoms with E-state index in [2.05, 4.69) is 10.0 Å². The smallest absolute Gasteiger partial charge is 0.407 e. The van der Waals surface area contributed by atoms with Crippen molar-refractivity contribution in [1.29, 1.82) is 0 Å². The van der Waals surface area contributed by atoms with Crippen molar-refractivity contribution in [2.45, 2.75) is 26.4 Å². The number of ether oxygens (including phenoxy) is 1. The van der Waals surface area contributed by atoms with E-state index in [1.165, 1.54) is 6.07 Å². The van der Waals surface area contributed by atoms with Crippen LogP contribution >= 0.6 is 0 Å². The molecule has 1 rings (SSSR count). The Kier molecular flexibility index (Phi) is 5.42. The third-order valence-corrected chi connectivity index (χ3v) is 3.49. The summed E-state index contributed by atoms with van der Waals surface area (Å²) in [5.74, 6) is -0.263. The van der Waals surface area contributed by atoms with Crippen LogP contribution < -0.4 is 15.8 Å². The number of carbonyl (C=O) groups excluding carboxylic acids is 1. The van der Waals surface area contributed by atoms with Crippen LogP contribution in [0.5, 0.6) is 0 Å². The topological polar surface area (TPSA) is 111 Å². The molecule has 0 bridgehead atoms. The molecule has 0 atom stereocenters. The summed E-state index contributed by atoms with van der Waals surface area (Å²) in [6.07, 6.45) is -0.651. The maximum absolute atomic E-state index is 11.8. The molecule has 0 unspecified atom stereocenters. The average Bonchev–Trinajstić information content (AvgIpc) is 2.24. The maximum atomic E-state index is 11.8. The van der Waals surface area contributed by atoms with E-state index in [1.54, 1.807) is 39.0 Å². The Hall–Kier alpha value is -1.96. The van der Waals surface area contributed by atoms with Crippen molar-refractivity contribution in [2.24, 2.45) is 0 Å². The quantitative estimate of drug-likeness (QED) is 0.714. The molecule has 1 amide bonds. The number of carbonyl (C=O) groups is 1. The van der Waals surface area contributed by atoms with Gasteiger partial charge < -0.3 is 15.8 Å². The third kappa shape index (κ3) is 7.40. The lowest BCUT2D eigenvalue weighted by molar-refractivity contribution is 0.0531. The molecule has 0 aromatic heterocycles. The fourth-order valence-electron chi connectivity index (χ4n) is 1.43. The van der Waals surface area contributed by atoms with Gasteiger partial charge in [-0.25, -0.2) is 13.2 Å². The molecule has 21 heavy (non-hydrogen) atoms. The van der Waals surface area contributed by atoms with Crippen LogP contribution in [0, 0.1) is 0 Å². The molecule has 0 aliphatic rings. The molecular weight excluding hydrogens is 294 g/mol. The largest absolute Gasteiger partial charge is 0.444 e. The first-order chi connectivity index (χ1) is 9.57. The van der Waals surface area contributed by atoms with E-state index in [0.717, 1.165) is 0 Å². The van der Waals surface area contributed by atoms with Crippen LogP contribution in [-0.2, 0) is 14.8 Å². The molecule has 0 heterocycles. The molecule has 0 aliphatic heterocycles. The summed E-state index contributed by atoms with van der Waals surface area (Å²) in [7, 11) is -3.57. The number of sulfonamides is 1. The van der Waals surface area contributed by atoms with Gasteiger partial charge in [-0.3, -0.25) is 4.72 Å². The first-order valence-corrected chi connectivity index (χ1v) is 8.05. The lowest BCUT2D eigenvalue weighted by Crippen LogP contribution is -2.35. The highest BCUT2D eigenvalue weighted by Crippen LogP contribution is 2.13. The minimum Gasteiger partial charge on any atom is -0.444 e. The zero-order valence-corrected chi connectivity index (χ0v) is 13.2. The number of nitrogen functional groups attached to an aromatic ring is 1. The summed E-state index contributed by atoms with van der Waals surface area (Å²) >= 11 is 0. The lowest BCUT2D eigenvalue weighted by atomic mass is 10.2. The Bertz CT molecular complexity index is 594. The van der Waals surface area contributed by atoms with Gasteiger partial charge in [-0.05, 0) is 39.0 Å². The van der Waals surface area contributed by atoms with Crippen molar-refractivity contribution in [3.8, 4) is 0 Å². The molecule has 0 saturated heterocycles. The summed E-state index contributed by atoms with van der Waals surface area (Å²) in [5, 5.41) is 2.39. The third-order valence-electron chi connectivity index (χ3n) is 2.20. The van der Waals surface area contributed by atoms with Gasteiger partial charge in [0.2, 0.25) is 10.0 Å². The van der Waals surface area contributed by atoms with Gasteiger partial charge in [-0.1, -0.05) is 6.07 Å². The van der Waals surface area contributed by atoms with Crippen molar-refractivity contribution < 1.29 is 17.9 Å².